The summed E-state index contributed by atoms with van der Waals surface area (Å²) in [6, 6.07) is 15.3. The van der Waals surface area contributed by atoms with E-state index in [0.717, 1.165) is 22.6 Å². The van der Waals surface area contributed by atoms with Crippen molar-refractivity contribution in [2.24, 2.45) is 7.05 Å². The summed E-state index contributed by atoms with van der Waals surface area (Å²) < 4.78 is 3.79. The van der Waals surface area contributed by atoms with Gasteiger partial charge in [-0.05, 0) is 32.0 Å². The number of benzene rings is 2. The maximum atomic E-state index is 12.4. The van der Waals surface area contributed by atoms with Crippen LogP contribution in [0.3, 0.4) is 0 Å². The third kappa shape index (κ3) is 4.87. The predicted octanol–water partition coefficient (Wildman–Crippen LogP) is 5.06. The zero-order valence-corrected chi connectivity index (χ0v) is 19.6. The van der Waals surface area contributed by atoms with Crippen LogP contribution in [-0.4, -0.2) is 36.2 Å². The summed E-state index contributed by atoms with van der Waals surface area (Å²) in [5.41, 5.74) is 4.63. The highest BCUT2D eigenvalue weighted by atomic mass is 35.5. The Bertz CT molecular complexity index is 1250. The quantitative estimate of drug-likeness (QED) is 0.385. The van der Waals surface area contributed by atoms with Crippen LogP contribution < -0.4 is 5.32 Å². The molecule has 0 unspecified atom stereocenters. The summed E-state index contributed by atoms with van der Waals surface area (Å²) in [5, 5.41) is 17.6. The van der Waals surface area contributed by atoms with Crippen molar-refractivity contribution in [2.75, 3.05) is 11.1 Å². The first kappa shape index (κ1) is 22.1. The van der Waals surface area contributed by atoms with Gasteiger partial charge in [0.25, 0.3) is 0 Å². The monoisotopic (exact) mass is 466 g/mol. The average Bonchev–Trinajstić information content (AvgIpc) is 3.35. The highest BCUT2D eigenvalue weighted by Crippen LogP contribution is 2.32. The van der Waals surface area contributed by atoms with Gasteiger partial charge < -0.3 is 9.88 Å². The lowest BCUT2D eigenvalue weighted by Gasteiger charge is -2.08. The average molecular weight is 467 g/mol. The van der Waals surface area contributed by atoms with E-state index in [0.29, 0.717) is 22.4 Å². The lowest BCUT2D eigenvalue weighted by molar-refractivity contribution is -0.113. The SMILES string of the molecule is CCn1c(SCC(=O)Nc2cccc(Cl)c2)nnc1-c1cn(C)nc1-c1ccc(C)cc1. The molecule has 0 aliphatic heterocycles. The normalized spacial score (nSPS) is 11.0. The molecule has 0 saturated heterocycles. The third-order valence-corrected chi connectivity index (χ3v) is 6.07. The molecule has 2 heterocycles. The maximum absolute atomic E-state index is 12.4. The van der Waals surface area contributed by atoms with E-state index in [4.69, 9.17) is 11.6 Å². The number of hydrogen-bond donors (Lipinski definition) is 1. The van der Waals surface area contributed by atoms with Gasteiger partial charge in [0.2, 0.25) is 5.91 Å². The van der Waals surface area contributed by atoms with Crippen molar-refractivity contribution in [3.63, 3.8) is 0 Å². The summed E-state index contributed by atoms with van der Waals surface area (Å²) >= 11 is 7.33. The summed E-state index contributed by atoms with van der Waals surface area (Å²) in [4.78, 5) is 12.4. The fourth-order valence-corrected chi connectivity index (χ4v) is 4.34. The number of rotatable bonds is 7. The predicted molar refractivity (Wildman–Crippen MR) is 129 cm³/mol. The molecule has 0 bridgehead atoms. The van der Waals surface area contributed by atoms with E-state index in [1.807, 2.05) is 24.7 Å². The van der Waals surface area contributed by atoms with Crippen molar-refractivity contribution in [3.05, 3.63) is 65.3 Å². The summed E-state index contributed by atoms with van der Waals surface area (Å²) in [7, 11) is 1.89. The topological polar surface area (TPSA) is 77.6 Å². The Morgan fingerprint density at radius 1 is 1.16 bits per heavy atom. The molecule has 0 saturated carbocycles. The Morgan fingerprint density at radius 2 is 1.94 bits per heavy atom. The fraction of sp³-hybridized carbons (Fsp3) is 0.217. The number of nitrogens with one attached hydrogen (secondary N) is 1. The van der Waals surface area contributed by atoms with E-state index in [-0.39, 0.29) is 11.7 Å². The van der Waals surface area contributed by atoms with Crippen LogP contribution in [0.1, 0.15) is 12.5 Å². The molecule has 32 heavy (non-hydrogen) atoms. The molecule has 0 atom stereocenters. The number of carbonyl (C=O) groups is 1. The van der Waals surface area contributed by atoms with Crippen LogP contribution in [0.2, 0.25) is 5.02 Å². The summed E-state index contributed by atoms with van der Waals surface area (Å²) in [6.07, 6.45) is 1.95. The van der Waals surface area contributed by atoms with Gasteiger partial charge in [0, 0.05) is 36.1 Å². The number of anilines is 1. The number of amides is 1. The highest BCUT2D eigenvalue weighted by molar-refractivity contribution is 7.99. The number of thioether (sulfide) groups is 1. The second-order valence-electron chi connectivity index (χ2n) is 7.33. The van der Waals surface area contributed by atoms with Crippen LogP contribution in [0.15, 0.2) is 59.9 Å². The molecule has 9 heteroatoms. The largest absolute Gasteiger partial charge is 0.325 e. The van der Waals surface area contributed by atoms with Crippen molar-refractivity contribution < 1.29 is 4.79 Å². The van der Waals surface area contributed by atoms with Crippen LogP contribution in [0.5, 0.6) is 0 Å². The van der Waals surface area contributed by atoms with Crippen molar-refractivity contribution in [1.82, 2.24) is 24.5 Å². The number of aryl methyl sites for hydroxylation is 2. The van der Waals surface area contributed by atoms with E-state index in [9.17, 15) is 4.79 Å². The molecular formula is C23H23ClN6OS. The Hall–Kier alpha value is -3.10. The Balaban J connectivity index is 1.55. The summed E-state index contributed by atoms with van der Waals surface area (Å²) in [6.45, 7) is 4.76. The smallest absolute Gasteiger partial charge is 0.234 e. The molecular weight excluding hydrogens is 444 g/mol. The molecule has 2 aromatic carbocycles. The maximum Gasteiger partial charge on any atom is 0.234 e. The number of nitrogens with zero attached hydrogens (tertiary/aromatic N) is 5. The van der Waals surface area contributed by atoms with E-state index in [1.165, 1.54) is 17.3 Å². The van der Waals surface area contributed by atoms with E-state index < -0.39 is 0 Å². The molecule has 2 aromatic heterocycles. The van der Waals surface area contributed by atoms with E-state index >= 15 is 0 Å². The van der Waals surface area contributed by atoms with Crippen molar-refractivity contribution in [1.29, 1.82) is 0 Å². The minimum Gasteiger partial charge on any atom is -0.325 e. The molecule has 0 aliphatic rings. The Kier molecular flexibility index (Phi) is 6.62. The molecule has 4 rings (SSSR count). The van der Waals surface area contributed by atoms with Gasteiger partial charge in [-0.2, -0.15) is 5.10 Å². The molecule has 1 amide bonds. The third-order valence-electron chi connectivity index (χ3n) is 4.87. The van der Waals surface area contributed by atoms with Gasteiger partial charge in [-0.3, -0.25) is 9.48 Å². The van der Waals surface area contributed by atoms with Crippen LogP contribution in [0, 0.1) is 6.92 Å². The number of aromatic nitrogens is 5. The summed E-state index contributed by atoms with van der Waals surface area (Å²) in [5.74, 6) is 0.808. The van der Waals surface area contributed by atoms with Gasteiger partial charge in [-0.1, -0.05) is 59.3 Å². The zero-order chi connectivity index (χ0) is 22.7. The molecule has 0 spiro atoms. The molecule has 0 aliphatic carbocycles. The molecule has 0 radical (unpaired) electrons. The van der Waals surface area contributed by atoms with Crippen LogP contribution in [-0.2, 0) is 18.4 Å². The number of halogens is 1. The second-order valence-corrected chi connectivity index (χ2v) is 8.71. The number of carbonyl (C=O) groups excluding carboxylic acids is 1. The minimum absolute atomic E-state index is 0.133. The van der Waals surface area contributed by atoms with Crippen molar-refractivity contribution >= 4 is 35.0 Å². The highest BCUT2D eigenvalue weighted by Gasteiger charge is 2.20. The molecule has 1 N–H and O–H groups in total. The van der Waals surface area contributed by atoms with Crippen LogP contribution in [0.25, 0.3) is 22.6 Å². The van der Waals surface area contributed by atoms with E-state index in [2.05, 4.69) is 51.8 Å². The van der Waals surface area contributed by atoms with Gasteiger partial charge in [-0.15, -0.1) is 10.2 Å². The second kappa shape index (κ2) is 9.58. The minimum atomic E-state index is -0.133. The van der Waals surface area contributed by atoms with Gasteiger partial charge >= 0.3 is 0 Å². The molecule has 7 nitrogen and oxygen atoms in total. The Morgan fingerprint density at radius 3 is 2.66 bits per heavy atom. The molecule has 4 aromatic rings. The first-order valence-corrected chi connectivity index (χ1v) is 11.5. The van der Waals surface area contributed by atoms with Crippen molar-refractivity contribution in [3.8, 4) is 22.6 Å². The Labute approximate surface area is 195 Å². The lowest BCUT2D eigenvalue weighted by Crippen LogP contribution is -2.14. The zero-order valence-electron chi connectivity index (χ0n) is 18.0. The molecule has 164 valence electrons. The molecule has 0 fully saturated rings. The van der Waals surface area contributed by atoms with Gasteiger partial charge in [0.05, 0.1) is 11.3 Å². The van der Waals surface area contributed by atoms with Crippen LogP contribution >= 0.6 is 23.4 Å². The van der Waals surface area contributed by atoms with Crippen molar-refractivity contribution in [2.45, 2.75) is 25.5 Å². The first-order chi connectivity index (χ1) is 15.4. The van der Waals surface area contributed by atoms with E-state index in [1.54, 1.807) is 28.9 Å². The van der Waals surface area contributed by atoms with Gasteiger partial charge in [0.15, 0.2) is 11.0 Å². The number of hydrogen-bond acceptors (Lipinski definition) is 5. The van der Waals surface area contributed by atoms with Gasteiger partial charge in [-0.25, -0.2) is 0 Å². The first-order valence-electron chi connectivity index (χ1n) is 10.2. The van der Waals surface area contributed by atoms with Crippen LogP contribution in [0.4, 0.5) is 5.69 Å². The van der Waals surface area contributed by atoms with Gasteiger partial charge in [0.1, 0.15) is 5.69 Å². The lowest BCUT2D eigenvalue weighted by atomic mass is 10.1. The standard InChI is InChI=1S/C23H23ClN6OS/c1-4-30-22(19-13-29(3)28-21(19)16-10-8-15(2)9-11-16)26-27-23(30)32-14-20(31)25-18-7-5-6-17(24)12-18/h5-13H,4,14H2,1-3H3,(H,25,31). The fourth-order valence-electron chi connectivity index (χ4n) is 3.35.